The summed E-state index contributed by atoms with van der Waals surface area (Å²) in [6.07, 6.45) is 9.81. The van der Waals surface area contributed by atoms with Gasteiger partial charge in [-0.3, -0.25) is 19.3 Å². The number of amides is 4. The van der Waals surface area contributed by atoms with Gasteiger partial charge in [-0.2, -0.15) is 10.2 Å². The molecular formula is C51H65FN16O6. The van der Waals surface area contributed by atoms with Crippen LogP contribution < -0.4 is 20.9 Å². The van der Waals surface area contributed by atoms with Crippen LogP contribution in [-0.4, -0.2) is 163 Å². The zero-order valence-electron chi connectivity index (χ0n) is 43.0. The summed E-state index contributed by atoms with van der Waals surface area (Å²) in [4.78, 5) is 78.4. The van der Waals surface area contributed by atoms with Crippen LogP contribution in [0.2, 0.25) is 0 Å². The minimum atomic E-state index is -0.500. The van der Waals surface area contributed by atoms with E-state index in [0.29, 0.717) is 114 Å². The molecule has 3 saturated heterocycles. The van der Waals surface area contributed by atoms with Crippen molar-refractivity contribution in [1.29, 1.82) is 0 Å². The minimum Gasteiger partial charge on any atom is -0.439 e. The maximum Gasteiger partial charge on any atom is 0.410 e. The number of piperidine rings is 2. The number of carbonyl (C=O) groups is 4. The maximum absolute atomic E-state index is 16.2. The maximum atomic E-state index is 16.2. The van der Waals surface area contributed by atoms with E-state index in [0.717, 1.165) is 62.9 Å². The number of halogens is 1. The van der Waals surface area contributed by atoms with Gasteiger partial charge >= 0.3 is 12.1 Å². The van der Waals surface area contributed by atoms with E-state index in [4.69, 9.17) is 30.1 Å². The van der Waals surface area contributed by atoms with Gasteiger partial charge in [0.1, 0.15) is 35.3 Å². The summed E-state index contributed by atoms with van der Waals surface area (Å²) in [5, 5.41) is 17.6. The third kappa shape index (κ3) is 9.68. The monoisotopic (exact) mass is 1020 g/mol. The summed E-state index contributed by atoms with van der Waals surface area (Å²) in [6.45, 7) is 13.9. The van der Waals surface area contributed by atoms with Crippen LogP contribution in [0.4, 0.5) is 31.3 Å². The lowest BCUT2D eigenvalue weighted by Gasteiger charge is -2.43. The molecule has 392 valence electrons. The van der Waals surface area contributed by atoms with Gasteiger partial charge in [-0.25, -0.2) is 38.6 Å². The Labute approximate surface area is 427 Å². The number of urea groups is 1. The highest BCUT2D eigenvalue weighted by molar-refractivity contribution is 6.02. The number of anilines is 3. The Kier molecular flexibility index (Phi) is 13.9. The van der Waals surface area contributed by atoms with Crippen LogP contribution in [0.1, 0.15) is 95.4 Å². The van der Waals surface area contributed by atoms with Crippen molar-refractivity contribution in [3.63, 3.8) is 0 Å². The first-order valence-corrected chi connectivity index (χ1v) is 25.7. The van der Waals surface area contributed by atoms with Gasteiger partial charge in [-0.1, -0.05) is 19.0 Å². The Bertz CT molecular complexity index is 3060. The van der Waals surface area contributed by atoms with Crippen molar-refractivity contribution in [2.45, 2.75) is 84.1 Å². The molecule has 4 aliphatic rings. The smallest absolute Gasteiger partial charge is 0.410 e. The number of benzene rings is 1. The Morgan fingerprint density at radius 2 is 1.69 bits per heavy atom. The predicted octanol–water partition coefficient (Wildman–Crippen LogP) is 5.75. The predicted molar refractivity (Wildman–Crippen MR) is 274 cm³/mol. The fraction of sp³-hybridized carbons (Fsp3) is 0.549. The van der Waals surface area contributed by atoms with Crippen LogP contribution in [0.3, 0.4) is 0 Å². The molecule has 1 aliphatic carbocycles. The highest BCUT2D eigenvalue weighted by Crippen LogP contribution is 2.48. The van der Waals surface area contributed by atoms with E-state index in [9.17, 15) is 19.2 Å². The molecule has 1 unspecified atom stereocenters. The van der Waals surface area contributed by atoms with Gasteiger partial charge < -0.3 is 39.8 Å². The number of piperazine rings is 1. The molecule has 3 aliphatic heterocycles. The van der Waals surface area contributed by atoms with E-state index < -0.39 is 17.9 Å². The zero-order valence-corrected chi connectivity index (χ0v) is 43.0. The van der Waals surface area contributed by atoms with E-state index in [1.165, 1.54) is 23.0 Å². The third-order valence-electron chi connectivity index (χ3n) is 15.3. The van der Waals surface area contributed by atoms with E-state index in [2.05, 4.69) is 44.3 Å². The summed E-state index contributed by atoms with van der Waals surface area (Å²) in [5.74, 6) is 1.87. The number of carbonyl (C=O) groups excluding carboxylic acids is 4. The van der Waals surface area contributed by atoms with E-state index >= 15 is 4.39 Å². The van der Waals surface area contributed by atoms with Gasteiger partial charge in [0.25, 0.3) is 5.91 Å². The van der Waals surface area contributed by atoms with Crippen molar-refractivity contribution < 1.29 is 32.8 Å². The number of likely N-dealkylation sites (tertiary alicyclic amines) is 2. The standard InChI is InChI=1S/C51H65FN16O6/c1-30(2)68-48-39(45(53)57-29-58-48)41(59-68)42-38(44(74-61-42)32-8-9-32)46-55-24-33(25-56-46)35-14-18-66(28-51(35,3)4)50(72)73-27-37(70)65-16-12-31(13-17-65)26-63-19-21-64(22-20-63)36-11-10-34-43(40(36)52)62(6)60-47(34)67(15-7-23-69)49(71)54-5/h10-11,23-25,29-32,35H,7-9,12-22,26-28H2,1-6H3,(H,54,71)(H2,53,57,58). The molecule has 74 heavy (non-hydrogen) atoms. The highest BCUT2D eigenvalue weighted by Gasteiger charge is 2.41. The molecule has 4 fully saturated rings. The summed E-state index contributed by atoms with van der Waals surface area (Å²) in [6, 6.07) is 3.11. The second kappa shape index (κ2) is 20.5. The number of nitrogens with two attached hydrogens (primary N) is 1. The third-order valence-corrected chi connectivity index (χ3v) is 15.3. The molecule has 1 aromatic carbocycles. The zero-order chi connectivity index (χ0) is 52.0. The molecule has 8 heterocycles. The Morgan fingerprint density at radius 3 is 2.36 bits per heavy atom. The first-order valence-electron chi connectivity index (χ1n) is 25.7. The number of hydrogen-bond acceptors (Lipinski definition) is 16. The van der Waals surface area contributed by atoms with Gasteiger partial charge in [-0.15, -0.1) is 0 Å². The Balaban J connectivity index is 0.693. The van der Waals surface area contributed by atoms with Crippen molar-refractivity contribution >= 4 is 63.6 Å². The first kappa shape index (κ1) is 50.2. The fourth-order valence-corrected chi connectivity index (χ4v) is 11.2. The number of hydrogen-bond donors (Lipinski definition) is 2. The molecule has 10 rings (SSSR count). The van der Waals surface area contributed by atoms with Crippen molar-refractivity contribution in [3.8, 4) is 22.8 Å². The van der Waals surface area contributed by atoms with E-state index in [1.54, 1.807) is 29.0 Å². The van der Waals surface area contributed by atoms with E-state index in [-0.39, 0.29) is 48.8 Å². The van der Waals surface area contributed by atoms with Gasteiger partial charge in [0, 0.05) is 116 Å². The lowest BCUT2D eigenvalue weighted by atomic mass is 9.71. The van der Waals surface area contributed by atoms with Crippen LogP contribution >= 0.6 is 0 Å². The number of nitrogens with one attached hydrogen (secondary N) is 1. The topological polar surface area (TPSA) is 245 Å². The lowest BCUT2D eigenvalue weighted by molar-refractivity contribution is -0.136. The molecule has 1 saturated carbocycles. The minimum absolute atomic E-state index is 0.00642. The number of aldehydes is 1. The fourth-order valence-electron chi connectivity index (χ4n) is 11.2. The quantitative estimate of drug-likeness (QED) is 0.123. The molecule has 22 nitrogen and oxygen atoms in total. The van der Waals surface area contributed by atoms with Crippen LogP contribution in [0.25, 0.3) is 44.7 Å². The molecular weight excluding hydrogens is 952 g/mol. The normalized spacial score (nSPS) is 18.6. The van der Waals surface area contributed by atoms with Crippen molar-refractivity contribution in [2.75, 3.05) is 94.6 Å². The number of nitrogens with zero attached hydrogens (tertiary/aromatic N) is 14. The molecule has 6 aromatic rings. The summed E-state index contributed by atoms with van der Waals surface area (Å²) in [5.41, 5.74) is 10.1. The van der Waals surface area contributed by atoms with Crippen molar-refractivity contribution in [3.05, 3.63) is 48.0 Å². The Hall–Kier alpha value is -7.30. The number of nitrogen functional groups attached to an aromatic ring is 1. The van der Waals surface area contributed by atoms with Crippen molar-refractivity contribution in [1.82, 2.24) is 64.7 Å². The number of aryl methyl sites for hydroxylation is 1. The SMILES string of the molecule is CNC(=O)N(CCC=O)c1nn(C)c2c(F)c(N3CCN(CC4CCN(C(=O)COC(=O)N5CCC(c6cnc(-c7c(-c8nn(C(C)C)c9ncnc(N)c89)noc7C7CC7)nc6)C(C)(C)C5)CC4)CC3)ccc12. The van der Waals surface area contributed by atoms with Gasteiger partial charge in [0.15, 0.2) is 35.5 Å². The molecule has 0 bridgehead atoms. The number of fused-ring (bicyclic) bond motifs is 2. The van der Waals surface area contributed by atoms with Gasteiger partial charge in [-0.05, 0) is 80.9 Å². The highest BCUT2D eigenvalue weighted by atomic mass is 19.1. The van der Waals surface area contributed by atoms with Crippen LogP contribution in [0, 0.1) is 17.2 Å². The Morgan fingerprint density at radius 1 is 0.959 bits per heavy atom. The molecule has 5 aromatic heterocycles. The summed E-state index contributed by atoms with van der Waals surface area (Å²) in [7, 11) is 3.15. The summed E-state index contributed by atoms with van der Waals surface area (Å²) >= 11 is 0. The number of aromatic nitrogens is 9. The number of rotatable bonds is 14. The largest absolute Gasteiger partial charge is 0.439 e. The lowest BCUT2D eigenvalue weighted by Crippen LogP contribution is -2.50. The summed E-state index contributed by atoms with van der Waals surface area (Å²) < 4.78 is 31.1. The van der Waals surface area contributed by atoms with Crippen LogP contribution in [-0.2, 0) is 21.4 Å². The van der Waals surface area contributed by atoms with Crippen LogP contribution in [0.15, 0.2) is 35.4 Å². The van der Waals surface area contributed by atoms with Gasteiger partial charge in [0.05, 0.1) is 16.6 Å². The van der Waals surface area contributed by atoms with Crippen molar-refractivity contribution in [2.24, 2.45) is 18.4 Å². The number of ether oxygens (including phenoxy) is 1. The van der Waals surface area contributed by atoms with Gasteiger partial charge in [0.2, 0.25) is 0 Å². The second-order valence-electron chi connectivity index (χ2n) is 21.1. The molecule has 4 amide bonds. The average Bonchev–Trinajstić information content (AvgIpc) is 3.87. The molecule has 23 heteroatoms. The molecule has 1 atom stereocenters. The first-order chi connectivity index (χ1) is 35.6. The molecule has 0 spiro atoms. The van der Waals surface area contributed by atoms with E-state index in [1.807, 2.05) is 35.8 Å². The second-order valence-corrected chi connectivity index (χ2v) is 21.1. The molecule has 0 radical (unpaired) electrons. The average molecular weight is 1020 g/mol. The van der Waals surface area contributed by atoms with Crippen LogP contribution in [0.5, 0.6) is 0 Å². The molecule has 3 N–H and O–H groups in total.